The maximum atomic E-state index is 12.4. The molecule has 1 saturated heterocycles. The zero-order valence-corrected chi connectivity index (χ0v) is 13.6. The van der Waals surface area contributed by atoms with E-state index in [1.165, 1.54) is 0 Å². The fourth-order valence-electron chi connectivity index (χ4n) is 2.54. The second-order valence-corrected chi connectivity index (χ2v) is 5.83. The fraction of sp³-hybridized carbons (Fsp3) is 0.500. The van der Waals surface area contributed by atoms with Gasteiger partial charge in [-0.3, -0.25) is 9.59 Å². The molecule has 6 heteroatoms. The van der Waals surface area contributed by atoms with Crippen LogP contribution in [-0.2, 0) is 4.79 Å². The number of amides is 2. The second-order valence-electron chi connectivity index (χ2n) is 5.39. The van der Waals surface area contributed by atoms with Gasteiger partial charge in [0, 0.05) is 43.2 Å². The number of benzene rings is 1. The van der Waals surface area contributed by atoms with Crippen molar-refractivity contribution in [3.8, 4) is 0 Å². The summed E-state index contributed by atoms with van der Waals surface area (Å²) >= 11 is 5.92. The molecule has 1 aliphatic rings. The number of hydrogen-bond donors (Lipinski definition) is 1. The third-order valence-electron chi connectivity index (χ3n) is 3.81. The van der Waals surface area contributed by atoms with Gasteiger partial charge in [-0.15, -0.1) is 0 Å². The first-order chi connectivity index (χ1) is 10.6. The predicted octanol–water partition coefficient (Wildman–Crippen LogP) is 1.62. The normalized spacial score (nSPS) is 15.0. The molecule has 5 nitrogen and oxygen atoms in total. The van der Waals surface area contributed by atoms with Gasteiger partial charge in [-0.25, -0.2) is 0 Å². The Balaban J connectivity index is 1.84. The zero-order chi connectivity index (χ0) is 15.9. The molecule has 0 atom stereocenters. The third kappa shape index (κ3) is 4.45. The minimum Gasteiger partial charge on any atom is -0.339 e. The van der Waals surface area contributed by atoms with Gasteiger partial charge < -0.3 is 15.1 Å². The average molecular weight is 324 g/mol. The highest BCUT2D eigenvalue weighted by atomic mass is 35.5. The molecule has 1 N–H and O–H groups in total. The van der Waals surface area contributed by atoms with Gasteiger partial charge >= 0.3 is 0 Å². The molecule has 0 unspecified atom stereocenters. The Hall–Kier alpha value is -1.59. The quantitative estimate of drug-likeness (QED) is 0.838. The summed E-state index contributed by atoms with van der Waals surface area (Å²) in [5.41, 5.74) is 0.598. The minimum absolute atomic E-state index is 0.0234. The van der Waals surface area contributed by atoms with Crippen molar-refractivity contribution >= 4 is 23.4 Å². The van der Waals surface area contributed by atoms with Crippen molar-refractivity contribution in [2.75, 3.05) is 39.8 Å². The topological polar surface area (TPSA) is 52.7 Å². The molecule has 1 aliphatic heterocycles. The van der Waals surface area contributed by atoms with Crippen LogP contribution < -0.4 is 5.32 Å². The van der Waals surface area contributed by atoms with Crippen molar-refractivity contribution in [2.45, 2.75) is 12.8 Å². The number of rotatable bonds is 5. The maximum absolute atomic E-state index is 12.4. The molecular weight excluding hydrogens is 302 g/mol. The molecule has 0 saturated carbocycles. The molecule has 22 heavy (non-hydrogen) atoms. The Morgan fingerprint density at radius 1 is 1.18 bits per heavy atom. The number of nitrogens with one attached hydrogen (secondary N) is 1. The second kappa shape index (κ2) is 8.15. The van der Waals surface area contributed by atoms with Crippen molar-refractivity contribution < 1.29 is 9.59 Å². The van der Waals surface area contributed by atoms with Gasteiger partial charge in [-0.05, 0) is 38.2 Å². The summed E-state index contributed by atoms with van der Waals surface area (Å²) in [6, 6.07) is 6.97. The van der Waals surface area contributed by atoms with Crippen LogP contribution in [0, 0.1) is 0 Å². The Labute approximate surface area is 136 Å². The number of halogens is 1. The Morgan fingerprint density at radius 3 is 2.50 bits per heavy atom. The predicted molar refractivity (Wildman–Crippen MR) is 87.1 cm³/mol. The van der Waals surface area contributed by atoms with Gasteiger partial charge in [-0.1, -0.05) is 17.7 Å². The van der Waals surface area contributed by atoms with Crippen molar-refractivity contribution in [3.63, 3.8) is 0 Å². The van der Waals surface area contributed by atoms with Crippen molar-refractivity contribution in [1.82, 2.24) is 15.1 Å². The first kappa shape index (κ1) is 16.8. The van der Waals surface area contributed by atoms with Gasteiger partial charge in [0.1, 0.15) is 0 Å². The molecule has 1 aromatic rings. The smallest absolute Gasteiger partial charge is 0.254 e. The van der Waals surface area contributed by atoms with Crippen LogP contribution in [0.1, 0.15) is 23.2 Å². The molecular formula is C16H22ClN3O2. The van der Waals surface area contributed by atoms with Crippen LogP contribution in [-0.4, -0.2) is 61.4 Å². The van der Waals surface area contributed by atoms with E-state index in [1.807, 2.05) is 11.9 Å². The van der Waals surface area contributed by atoms with Crippen molar-refractivity contribution in [1.29, 1.82) is 0 Å². The zero-order valence-electron chi connectivity index (χ0n) is 12.8. The lowest BCUT2D eigenvalue weighted by atomic mass is 10.1. The summed E-state index contributed by atoms with van der Waals surface area (Å²) in [6.45, 7) is 3.20. The van der Waals surface area contributed by atoms with Crippen LogP contribution >= 0.6 is 11.6 Å². The van der Waals surface area contributed by atoms with E-state index in [4.69, 9.17) is 11.6 Å². The molecule has 0 aromatic heterocycles. The molecule has 2 amide bonds. The van der Waals surface area contributed by atoms with Crippen LogP contribution in [0.2, 0.25) is 5.02 Å². The number of piperazine rings is 1. The van der Waals surface area contributed by atoms with E-state index in [0.29, 0.717) is 43.2 Å². The summed E-state index contributed by atoms with van der Waals surface area (Å²) in [7, 11) is 1.88. The molecule has 0 spiro atoms. The Kier molecular flexibility index (Phi) is 6.21. The average Bonchev–Trinajstić information content (AvgIpc) is 2.54. The standard InChI is InChI=1S/C16H22ClN3O2/c1-18-7-3-6-15(21)19-8-10-20(11-9-19)16(22)13-4-2-5-14(17)12-13/h2,4-5,12,18H,3,6-11H2,1H3. The van der Waals surface area contributed by atoms with E-state index in [9.17, 15) is 9.59 Å². The fourth-order valence-corrected chi connectivity index (χ4v) is 2.73. The highest BCUT2D eigenvalue weighted by Crippen LogP contribution is 2.14. The van der Waals surface area contributed by atoms with E-state index in [1.54, 1.807) is 29.2 Å². The van der Waals surface area contributed by atoms with Crippen LogP contribution in [0.25, 0.3) is 0 Å². The summed E-state index contributed by atoms with van der Waals surface area (Å²) in [5, 5.41) is 3.60. The summed E-state index contributed by atoms with van der Waals surface area (Å²) in [4.78, 5) is 28.1. The van der Waals surface area contributed by atoms with E-state index < -0.39 is 0 Å². The summed E-state index contributed by atoms with van der Waals surface area (Å²) < 4.78 is 0. The highest BCUT2D eigenvalue weighted by Gasteiger charge is 2.24. The number of nitrogens with zero attached hydrogens (tertiary/aromatic N) is 2. The molecule has 0 bridgehead atoms. The molecule has 1 heterocycles. The number of carbonyl (C=O) groups excluding carboxylic acids is 2. The lowest BCUT2D eigenvalue weighted by Crippen LogP contribution is -2.50. The number of carbonyl (C=O) groups is 2. The largest absolute Gasteiger partial charge is 0.339 e. The van der Waals surface area contributed by atoms with Gasteiger partial charge in [0.15, 0.2) is 0 Å². The Bertz CT molecular complexity index is 528. The summed E-state index contributed by atoms with van der Waals surface area (Å²) in [6.07, 6.45) is 1.40. The van der Waals surface area contributed by atoms with Crippen molar-refractivity contribution in [2.24, 2.45) is 0 Å². The lowest BCUT2D eigenvalue weighted by Gasteiger charge is -2.35. The van der Waals surface area contributed by atoms with Crippen molar-refractivity contribution in [3.05, 3.63) is 34.9 Å². The molecule has 120 valence electrons. The highest BCUT2D eigenvalue weighted by molar-refractivity contribution is 6.30. The maximum Gasteiger partial charge on any atom is 0.254 e. The molecule has 1 fully saturated rings. The third-order valence-corrected chi connectivity index (χ3v) is 4.04. The molecule has 0 radical (unpaired) electrons. The van der Waals surface area contributed by atoms with Gasteiger partial charge in [-0.2, -0.15) is 0 Å². The first-order valence-corrected chi connectivity index (χ1v) is 7.97. The molecule has 0 aliphatic carbocycles. The lowest BCUT2D eigenvalue weighted by molar-refractivity contribution is -0.132. The number of hydrogen-bond acceptors (Lipinski definition) is 3. The van der Waals surface area contributed by atoms with E-state index in [-0.39, 0.29) is 11.8 Å². The van der Waals surface area contributed by atoms with E-state index in [2.05, 4.69) is 5.32 Å². The van der Waals surface area contributed by atoms with Crippen LogP contribution in [0.4, 0.5) is 0 Å². The summed E-state index contributed by atoms with van der Waals surface area (Å²) in [5.74, 6) is 0.148. The monoisotopic (exact) mass is 323 g/mol. The first-order valence-electron chi connectivity index (χ1n) is 7.59. The Morgan fingerprint density at radius 2 is 1.86 bits per heavy atom. The van der Waals surface area contributed by atoms with E-state index >= 15 is 0 Å². The van der Waals surface area contributed by atoms with Gasteiger partial charge in [0.2, 0.25) is 5.91 Å². The van der Waals surface area contributed by atoms with Gasteiger partial charge in [0.05, 0.1) is 0 Å². The van der Waals surface area contributed by atoms with Gasteiger partial charge in [0.25, 0.3) is 5.91 Å². The van der Waals surface area contributed by atoms with E-state index in [0.717, 1.165) is 13.0 Å². The van der Waals surface area contributed by atoms with Crippen LogP contribution in [0.5, 0.6) is 0 Å². The minimum atomic E-state index is -0.0234. The van der Waals surface area contributed by atoms with Crippen LogP contribution in [0.15, 0.2) is 24.3 Å². The molecule has 1 aromatic carbocycles. The SMILES string of the molecule is CNCCCC(=O)N1CCN(C(=O)c2cccc(Cl)c2)CC1. The molecule has 2 rings (SSSR count). The van der Waals surface area contributed by atoms with Crippen LogP contribution in [0.3, 0.4) is 0 Å².